The quantitative estimate of drug-likeness (QED) is 0.632. The van der Waals surface area contributed by atoms with Crippen molar-refractivity contribution in [2.45, 2.75) is 0 Å². The second kappa shape index (κ2) is 6.84. The van der Waals surface area contributed by atoms with E-state index >= 15 is 0 Å². The molecule has 8 heteroatoms. The van der Waals surface area contributed by atoms with E-state index in [9.17, 15) is 19.2 Å². The van der Waals surface area contributed by atoms with Crippen molar-refractivity contribution in [1.29, 1.82) is 0 Å². The Morgan fingerprint density at radius 2 is 0.964 bits per heavy atom. The van der Waals surface area contributed by atoms with Gasteiger partial charge < -0.3 is 0 Å². The van der Waals surface area contributed by atoms with Crippen LogP contribution in [0.1, 0.15) is 11.1 Å². The molecule has 8 nitrogen and oxygen atoms in total. The Kier molecular flexibility index (Phi) is 4.21. The van der Waals surface area contributed by atoms with Crippen LogP contribution in [0.15, 0.2) is 70.9 Å². The van der Waals surface area contributed by atoms with Crippen LogP contribution in [0.4, 0.5) is 11.4 Å². The molecular weight excluding hydrogens is 360 g/mol. The number of carbonyl (C=O) groups is 4. The lowest BCUT2D eigenvalue weighted by atomic mass is 10.0. The van der Waals surface area contributed by atoms with Gasteiger partial charge in [0.05, 0.1) is 22.5 Å². The van der Waals surface area contributed by atoms with Gasteiger partial charge in [-0.1, -0.05) is 36.4 Å². The first-order chi connectivity index (χ1) is 13.5. The zero-order valence-electron chi connectivity index (χ0n) is 14.3. The summed E-state index contributed by atoms with van der Waals surface area (Å²) in [5, 5.41) is 12.8. The van der Waals surface area contributed by atoms with E-state index in [1.54, 1.807) is 48.5 Å². The molecule has 0 saturated heterocycles. The molecule has 2 aliphatic rings. The Labute approximate surface area is 158 Å². The molecule has 0 radical (unpaired) electrons. The molecule has 4 rings (SSSR count). The van der Waals surface area contributed by atoms with Gasteiger partial charge in [-0.3, -0.25) is 29.8 Å². The minimum atomic E-state index is -0.501. The van der Waals surface area contributed by atoms with Crippen LogP contribution in [-0.4, -0.2) is 23.6 Å². The fourth-order valence-electron chi connectivity index (χ4n) is 2.91. The summed E-state index contributed by atoms with van der Waals surface area (Å²) in [4.78, 5) is 46.8. The van der Waals surface area contributed by atoms with Crippen molar-refractivity contribution in [2.75, 3.05) is 0 Å². The normalized spacial score (nSPS) is 16.3. The molecule has 28 heavy (non-hydrogen) atoms. The van der Waals surface area contributed by atoms with Crippen molar-refractivity contribution >= 4 is 46.1 Å². The van der Waals surface area contributed by atoms with E-state index < -0.39 is 23.6 Å². The second-order valence-electron chi connectivity index (χ2n) is 5.99. The standard InChI is InChI=1S/C20H12N4O4/c25-17-9-13(19(27)21-17)11-5-1-3-7-15(11)23-24-16-8-4-2-6-12(16)14-10-18(26)22-20(14)28/h1-10H,(H,21,25,27)(H,22,26,28). The van der Waals surface area contributed by atoms with Gasteiger partial charge in [0.25, 0.3) is 23.6 Å². The summed E-state index contributed by atoms with van der Waals surface area (Å²) in [7, 11) is 0. The van der Waals surface area contributed by atoms with E-state index in [-0.39, 0.29) is 11.1 Å². The average Bonchev–Trinajstić information content (AvgIpc) is 3.20. The van der Waals surface area contributed by atoms with E-state index in [1.807, 2.05) is 0 Å². The van der Waals surface area contributed by atoms with Crippen LogP contribution in [0.3, 0.4) is 0 Å². The predicted molar refractivity (Wildman–Crippen MR) is 99.3 cm³/mol. The number of azo groups is 1. The molecule has 2 aromatic rings. The summed E-state index contributed by atoms with van der Waals surface area (Å²) in [5.74, 6) is -1.97. The molecule has 0 fully saturated rings. The first kappa shape index (κ1) is 17.2. The van der Waals surface area contributed by atoms with Gasteiger partial charge in [-0.15, -0.1) is 10.2 Å². The number of nitrogens with one attached hydrogen (secondary N) is 2. The Balaban J connectivity index is 1.73. The van der Waals surface area contributed by atoms with Crippen molar-refractivity contribution < 1.29 is 19.2 Å². The molecule has 0 bridgehead atoms. The third kappa shape index (κ3) is 3.14. The van der Waals surface area contributed by atoms with Gasteiger partial charge in [0.2, 0.25) is 0 Å². The SMILES string of the molecule is O=C1C=C(c2ccccc2N=Nc2ccccc2C2=CC(=O)NC2=O)C(=O)N1. The van der Waals surface area contributed by atoms with E-state index in [1.165, 1.54) is 12.2 Å². The lowest BCUT2D eigenvalue weighted by Crippen LogP contribution is -2.21. The molecule has 0 saturated carbocycles. The molecule has 2 aliphatic heterocycles. The highest BCUT2D eigenvalue weighted by molar-refractivity contribution is 6.35. The zero-order valence-corrected chi connectivity index (χ0v) is 14.3. The van der Waals surface area contributed by atoms with Crippen LogP contribution < -0.4 is 10.6 Å². The monoisotopic (exact) mass is 372 g/mol. The maximum Gasteiger partial charge on any atom is 0.258 e. The van der Waals surface area contributed by atoms with Gasteiger partial charge in [-0.05, 0) is 12.1 Å². The highest BCUT2D eigenvalue weighted by Gasteiger charge is 2.25. The van der Waals surface area contributed by atoms with E-state index in [2.05, 4.69) is 20.9 Å². The van der Waals surface area contributed by atoms with Crippen molar-refractivity contribution in [1.82, 2.24) is 10.6 Å². The van der Waals surface area contributed by atoms with Crippen LogP contribution in [-0.2, 0) is 19.2 Å². The molecule has 4 amide bonds. The summed E-state index contributed by atoms with van der Waals surface area (Å²) in [6, 6.07) is 13.5. The number of rotatable bonds is 4. The van der Waals surface area contributed by atoms with Gasteiger partial charge in [0, 0.05) is 23.3 Å². The highest BCUT2D eigenvalue weighted by atomic mass is 16.2. The number of amides is 4. The van der Waals surface area contributed by atoms with Crippen molar-refractivity contribution in [2.24, 2.45) is 10.2 Å². The van der Waals surface area contributed by atoms with Crippen LogP contribution in [0, 0.1) is 0 Å². The molecule has 0 atom stereocenters. The maximum atomic E-state index is 12.0. The Hall–Kier alpha value is -4.20. The van der Waals surface area contributed by atoms with Gasteiger partial charge in [-0.25, -0.2) is 0 Å². The Morgan fingerprint density at radius 3 is 1.32 bits per heavy atom. The van der Waals surface area contributed by atoms with Gasteiger partial charge in [0.15, 0.2) is 0 Å². The van der Waals surface area contributed by atoms with Crippen molar-refractivity contribution in [3.8, 4) is 0 Å². The summed E-state index contributed by atoms with van der Waals surface area (Å²) < 4.78 is 0. The molecule has 0 spiro atoms. The number of nitrogens with zero attached hydrogens (tertiary/aromatic N) is 2. The summed E-state index contributed by atoms with van der Waals surface area (Å²) in [6.07, 6.45) is 2.42. The van der Waals surface area contributed by atoms with Gasteiger partial charge >= 0.3 is 0 Å². The fraction of sp³-hybridized carbons (Fsp3) is 0. The number of carbonyl (C=O) groups excluding carboxylic acids is 4. The molecule has 2 heterocycles. The third-order valence-corrected chi connectivity index (χ3v) is 4.17. The maximum absolute atomic E-state index is 12.0. The number of benzene rings is 2. The lowest BCUT2D eigenvalue weighted by molar-refractivity contribution is -0.124. The molecule has 0 unspecified atom stereocenters. The van der Waals surface area contributed by atoms with Gasteiger partial charge in [-0.2, -0.15) is 0 Å². The summed E-state index contributed by atoms with van der Waals surface area (Å²) in [5.41, 5.74) is 2.09. The topological polar surface area (TPSA) is 117 Å². The van der Waals surface area contributed by atoms with E-state index in [0.717, 1.165) is 0 Å². The predicted octanol–water partition coefficient (Wildman–Crippen LogP) is 2.18. The Morgan fingerprint density at radius 1 is 0.571 bits per heavy atom. The summed E-state index contributed by atoms with van der Waals surface area (Å²) >= 11 is 0. The Bertz CT molecular complexity index is 1050. The van der Waals surface area contributed by atoms with E-state index in [4.69, 9.17) is 0 Å². The zero-order chi connectivity index (χ0) is 19.7. The third-order valence-electron chi connectivity index (χ3n) is 4.17. The minimum absolute atomic E-state index is 0.205. The molecule has 2 N–H and O–H groups in total. The van der Waals surface area contributed by atoms with Crippen LogP contribution >= 0.6 is 0 Å². The smallest absolute Gasteiger partial charge is 0.258 e. The first-order valence-corrected chi connectivity index (χ1v) is 8.27. The lowest BCUT2D eigenvalue weighted by Gasteiger charge is -2.06. The largest absolute Gasteiger partial charge is 0.289 e. The first-order valence-electron chi connectivity index (χ1n) is 8.27. The number of imide groups is 2. The van der Waals surface area contributed by atoms with Crippen molar-refractivity contribution in [3.63, 3.8) is 0 Å². The molecular formula is C20H12N4O4. The molecule has 2 aromatic carbocycles. The number of hydrogen-bond acceptors (Lipinski definition) is 6. The van der Waals surface area contributed by atoms with Crippen molar-refractivity contribution in [3.05, 3.63) is 71.8 Å². The number of hydrogen-bond donors (Lipinski definition) is 2. The van der Waals surface area contributed by atoms with Crippen LogP contribution in [0.5, 0.6) is 0 Å². The molecule has 0 aliphatic carbocycles. The van der Waals surface area contributed by atoms with E-state index in [0.29, 0.717) is 22.5 Å². The van der Waals surface area contributed by atoms with Crippen LogP contribution in [0.2, 0.25) is 0 Å². The molecule has 0 aromatic heterocycles. The van der Waals surface area contributed by atoms with Gasteiger partial charge in [0.1, 0.15) is 0 Å². The highest BCUT2D eigenvalue weighted by Crippen LogP contribution is 2.32. The minimum Gasteiger partial charge on any atom is -0.289 e. The average molecular weight is 372 g/mol. The summed E-state index contributed by atoms with van der Waals surface area (Å²) in [6.45, 7) is 0. The fourth-order valence-corrected chi connectivity index (χ4v) is 2.91. The van der Waals surface area contributed by atoms with Crippen LogP contribution in [0.25, 0.3) is 11.1 Å². The second-order valence-corrected chi connectivity index (χ2v) is 5.99. The molecule has 136 valence electrons.